The topological polar surface area (TPSA) is 84.9 Å². The lowest BCUT2D eigenvalue weighted by molar-refractivity contribution is -0.128. The van der Waals surface area contributed by atoms with Crippen molar-refractivity contribution in [2.24, 2.45) is 5.92 Å². The van der Waals surface area contributed by atoms with Gasteiger partial charge in [-0.15, -0.1) is 11.3 Å². The Hall–Kier alpha value is -1.77. The molecule has 2 fully saturated rings. The van der Waals surface area contributed by atoms with E-state index >= 15 is 0 Å². The number of nitrogens with zero attached hydrogens (tertiary/aromatic N) is 1. The predicted molar refractivity (Wildman–Crippen MR) is 97.4 cm³/mol. The van der Waals surface area contributed by atoms with Crippen LogP contribution in [0.25, 0.3) is 0 Å². The Labute approximate surface area is 156 Å². The van der Waals surface area contributed by atoms with E-state index in [4.69, 9.17) is 9.47 Å². The van der Waals surface area contributed by atoms with Crippen LogP contribution in [0.2, 0.25) is 0 Å². The maximum Gasteiger partial charge on any atom is 0.341 e. The third kappa shape index (κ3) is 4.31. The van der Waals surface area contributed by atoms with Gasteiger partial charge in [0.2, 0.25) is 5.91 Å². The predicted octanol–water partition coefficient (Wildman–Crippen LogP) is 1.93. The minimum atomic E-state index is -0.440. The van der Waals surface area contributed by atoms with Crippen LogP contribution in [-0.2, 0) is 19.1 Å². The summed E-state index contributed by atoms with van der Waals surface area (Å²) in [4.78, 5) is 38.6. The highest BCUT2D eigenvalue weighted by atomic mass is 32.1. The SMILES string of the molecule is CCOC(=O)c1ccsc1NC(=O)CN1CCOC[C@@H]1[C@@H]1CCCC1=O. The number of rotatable bonds is 6. The van der Waals surface area contributed by atoms with Crippen LogP contribution >= 0.6 is 11.3 Å². The molecule has 7 nitrogen and oxygen atoms in total. The maximum absolute atomic E-state index is 12.5. The molecule has 1 saturated heterocycles. The Bertz CT molecular complexity index is 674. The second-order valence-electron chi connectivity index (χ2n) is 6.51. The summed E-state index contributed by atoms with van der Waals surface area (Å²) in [5.74, 6) is -0.408. The standard InChI is InChI=1S/C18H24N2O5S/c1-2-25-18(23)13-6-9-26-17(13)19-16(22)10-20-7-8-24-11-14(20)12-4-3-5-15(12)21/h6,9,12,14H,2-5,7-8,10-11H2,1H3,(H,19,22)/t12-,14+/m0/s1. The van der Waals surface area contributed by atoms with Crippen molar-refractivity contribution in [3.05, 3.63) is 17.0 Å². The molecular weight excluding hydrogens is 356 g/mol. The van der Waals surface area contributed by atoms with Gasteiger partial charge in [0.05, 0.1) is 31.9 Å². The minimum Gasteiger partial charge on any atom is -0.462 e. The van der Waals surface area contributed by atoms with Crippen molar-refractivity contribution in [1.82, 2.24) is 4.90 Å². The molecule has 0 bridgehead atoms. The lowest BCUT2D eigenvalue weighted by Crippen LogP contribution is -2.52. The Balaban J connectivity index is 1.62. The average Bonchev–Trinajstić information content (AvgIpc) is 3.24. The first-order chi connectivity index (χ1) is 12.6. The number of thiophene rings is 1. The number of morpholine rings is 1. The number of amides is 1. The van der Waals surface area contributed by atoms with Gasteiger partial charge in [-0.1, -0.05) is 0 Å². The highest BCUT2D eigenvalue weighted by molar-refractivity contribution is 7.14. The maximum atomic E-state index is 12.5. The van der Waals surface area contributed by atoms with Crippen LogP contribution in [0.1, 0.15) is 36.5 Å². The molecule has 3 rings (SSSR count). The first-order valence-electron chi connectivity index (χ1n) is 8.99. The molecule has 1 aliphatic carbocycles. The largest absolute Gasteiger partial charge is 0.462 e. The number of hydrogen-bond donors (Lipinski definition) is 1. The smallest absolute Gasteiger partial charge is 0.341 e. The van der Waals surface area contributed by atoms with Gasteiger partial charge in [-0.2, -0.15) is 0 Å². The molecule has 0 radical (unpaired) electrons. The van der Waals surface area contributed by atoms with Crippen molar-refractivity contribution >= 4 is 34.0 Å². The van der Waals surface area contributed by atoms with E-state index in [2.05, 4.69) is 5.32 Å². The molecule has 142 valence electrons. The molecule has 0 unspecified atom stereocenters. The number of ether oxygens (including phenoxy) is 2. The number of hydrogen-bond acceptors (Lipinski definition) is 7. The normalized spacial score (nSPS) is 23.8. The van der Waals surface area contributed by atoms with Crippen LogP contribution in [0.3, 0.4) is 0 Å². The second-order valence-corrected chi connectivity index (χ2v) is 7.43. The number of anilines is 1. The van der Waals surface area contributed by atoms with E-state index in [0.29, 0.717) is 36.7 Å². The van der Waals surface area contributed by atoms with Gasteiger partial charge in [-0.3, -0.25) is 14.5 Å². The van der Waals surface area contributed by atoms with E-state index in [0.717, 1.165) is 12.8 Å². The summed E-state index contributed by atoms with van der Waals surface area (Å²) in [5, 5.41) is 5.05. The zero-order valence-electron chi connectivity index (χ0n) is 14.9. The molecule has 26 heavy (non-hydrogen) atoms. The second kappa shape index (κ2) is 8.75. The number of carbonyl (C=O) groups is 3. The molecule has 2 atom stereocenters. The van der Waals surface area contributed by atoms with Crippen molar-refractivity contribution in [3.8, 4) is 0 Å². The van der Waals surface area contributed by atoms with Gasteiger partial charge in [0.15, 0.2) is 0 Å². The van der Waals surface area contributed by atoms with E-state index in [9.17, 15) is 14.4 Å². The number of carbonyl (C=O) groups excluding carboxylic acids is 3. The van der Waals surface area contributed by atoms with Crippen LogP contribution in [0.4, 0.5) is 5.00 Å². The van der Waals surface area contributed by atoms with Crippen molar-refractivity contribution in [2.45, 2.75) is 32.2 Å². The Morgan fingerprint density at radius 2 is 2.31 bits per heavy atom. The summed E-state index contributed by atoms with van der Waals surface area (Å²) in [5.41, 5.74) is 0.370. The van der Waals surface area contributed by atoms with Gasteiger partial charge in [-0.05, 0) is 31.2 Å². The highest BCUT2D eigenvalue weighted by Gasteiger charge is 2.38. The van der Waals surface area contributed by atoms with Crippen LogP contribution in [0, 0.1) is 5.92 Å². The molecule has 1 aromatic heterocycles. The molecular formula is C18H24N2O5S. The van der Waals surface area contributed by atoms with Crippen LogP contribution in [0.5, 0.6) is 0 Å². The van der Waals surface area contributed by atoms with Gasteiger partial charge < -0.3 is 14.8 Å². The summed E-state index contributed by atoms with van der Waals surface area (Å²) in [7, 11) is 0. The van der Waals surface area contributed by atoms with Gasteiger partial charge in [0.25, 0.3) is 0 Å². The molecule has 1 amide bonds. The monoisotopic (exact) mass is 380 g/mol. The fourth-order valence-electron chi connectivity index (χ4n) is 3.60. The zero-order chi connectivity index (χ0) is 18.5. The highest BCUT2D eigenvalue weighted by Crippen LogP contribution is 2.29. The third-order valence-corrected chi connectivity index (χ3v) is 5.69. The fraction of sp³-hybridized carbons (Fsp3) is 0.611. The van der Waals surface area contributed by atoms with Gasteiger partial charge in [0.1, 0.15) is 10.8 Å². The molecule has 1 aliphatic heterocycles. The van der Waals surface area contributed by atoms with E-state index in [1.165, 1.54) is 11.3 Å². The van der Waals surface area contributed by atoms with Crippen molar-refractivity contribution in [3.63, 3.8) is 0 Å². The number of nitrogens with one attached hydrogen (secondary N) is 1. The van der Waals surface area contributed by atoms with E-state index < -0.39 is 5.97 Å². The number of ketones is 1. The quantitative estimate of drug-likeness (QED) is 0.759. The molecule has 0 spiro atoms. The van der Waals surface area contributed by atoms with Crippen LogP contribution in [0.15, 0.2) is 11.4 Å². The lowest BCUT2D eigenvalue weighted by atomic mass is 9.95. The van der Waals surface area contributed by atoms with Gasteiger partial charge >= 0.3 is 5.97 Å². The van der Waals surface area contributed by atoms with Gasteiger partial charge in [-0.25, -0.2) is 4.79 Å². The Kier molecular flexibility index (Phi) is 6.39. The summed E-state index contributed by atoms with van der Waals surface area (Å²) in [6, 6.07) is 1.60. The molecule has 0 aromatic carbocycles. The van der Waals surface area contributed by atoms with E-state index in [1.54, 1.807) is 18.4 Å². The summed E-state index contributed by atoms with van der Waals surface area (Å²) >= 11 is 1.29. The first kappa shape index (κ1) is 19.0. The van der Waals surface area contributed by atoms with Crippen molar-refractivity contribution in [2.75, 3.05) is 38.2 Å². The number of Topliss-reactive ketones (excluding diaryl/α,β-unsaturated/α-hetero) is 1. The van der Waals surface area contributed by atoms with Gasteiger partial charge in [0, 0.05) is 24.9 Å². The average molecular weight is 380 g/mol. The number of esters is 1. The summed E-state index contributed by atoms with van der Waals surface area (Å²) in [6.07, 6.45) is 2.40. The van der Waals surface area contributed by atoms with E-state index in [1.807, 2.05) is 4.90 Å². The molecule has 2 aliphatic rings. The Morgan fingerprint density at radius 1 is 1.46 bits per heavy atom. The first-order valence-corrected chi connectivity index (χ1v) is 9.87. The Morgan fingerprint density at radius 3 is 3.04 bits per heavy atom. The van der Waals surface area contributed by atoms with Crippen LogP contribution in [-0.4, -0.2) is 61.5 Å². The van der Waals surface area contributed by atoms with Crippen molar-refractivity contribution in [1.29, 1.82) is 0 Å². The molecule has 1 saturated carbocycles. The fourth-order valence-corrected chi connectivity index (χ4v) is 4.39. The molecule has 2 heterocycles. The molecule has 1 N–H and O–H groups in total. The van der Waals surface area contributed by atoms with Crippen LogP contribution < -0.4 is 5.32 Å². The van der Waals surface area contributed by atoms with E-state index in [-0.39, 0.29) is 36.8 Å². The lowest BCUT2D eigenvalue weighted by Gasteiger charge is -2.37. The minimum absolute atomic E-state index is 0.0417. The molecule has 1 aromatic rings. The third-order valence-electron chi connectivity index (χ3n) is 4.86. The molecule has 8 heteroatoms. The summed E-state index contributed by atoms with van der Waals surface area (Å²) in [6.45, 7) is 3.86. The van der Waals surface area contributed by atoms with Crippen molar-refractivity contribution < 1.29 is 23.9 Å². The summed E-state index contributed by atoms with van der Waals surface area (Å²) < 4.78 is 10.6. The zero-order valence-corrected chi connectivity index (χ0v) is 15.7.